The molecule has 0 fully saturated rings. The van der Waals surface area contributed by atoms with E-state index < -0.39 is 14.9 Å². The van der Waals surface area contributed by atoms with Gasteiger partial charge in [-0.1, -0.05) is 37.7 Å². The number of nitro benzene ring substituents is 1. The minimum atomic E-state index is -3.72. The molecule has 1 heterocycles. The number of aryl methyl sites for hydroxylation is 1. The van der Waals surface area contributed by atoms with Gasteiger partial charge < -0.3 is 14.8 Å². The highest BCUT2D eigenvalue weighted by Gasteiger charge is 2.25. The topological polar surface area (TPSA) is 146 Å². The molecule has 0 unspecified atom stereocenters. The Balaban J connectivity index is 1.71. The summed E-state index contributed by atoms with van der Waals surface area (Å²) >= 11 is 1.15. The largest absolute Gasteiger partial charge is 0.495 e. The van der Waals surface area contributed by atoms with Crippen LogP contribution in [0.5, 0.6) is 11.5 Å². The van der Waals surface area contributed by atoms with Crippen LogP contribution in [0.2, 0.25) is 0 Å². The number of anilines is 1. The van der Waals surface area contributed by atoms with Gasteiger partial charge in [0, 0.05) is 30.9 Å². The molecule has 4 rings (SSSR count). The third-order valence-corrected chi connectivity index (χ3v) is 9.58. The zero-order valence-corrected chi connectivity index (χ0v) is 25.4. The number of aromatic nitrogens is 2. The number of rotatable bonds is 12. The number of carbonyl (C=O) groups excluding carboxylic acids is 1. The highest BCUT2D eigenvalue weighted by molar-refractivity contribution is 7.99. The van der Waals surface area contributed by atoms with Crippen molar-refractivity contribution in [2.75, 3.05) is 38.4 Å². The molecular formula is C28H31N5O7S2. The number of nitro groups is 1. The molecule has 0 atom stereocenters. The maximum absolute atomic E-state index is 13.2. The first-order valence-corrected chi connectivity index (χ1v) is 15.4. The summed E-state index contributed by atoms with van der Waals surface area (Å²) in [5.74, 6) is 0.169. The Kier molecular flexibility index (Phi) is 9.39. The van der Waals surface area contributed by atoms with E-state index in [-0.39, 0.29) is 28.0 Å². The molecule has 1 N–H and O–H groups in total. The van der Waals surface area contributed by atoms with Crippen LogP contribution in [0, 0.1) is 17.0 Å². The molecule has 12 nitrogen and oxygen atoms in total. The molecule has 0 aliphatic carbocycles. The third-order valence-electron chi connectivity index (χ3n) is 6.59. The number of nitrogens with one attached hydrogen (secondary N) is 1. The van der Waals surface area contributed by atoms with Crippen LogP contribution in [0.3, 0.4) is 0 Å². The number of hydrogen-bond donors (Lipinski definition) is 1. The van der Waals surface area contributed by atoms with Gasteiger partial charge >= 0.3 is 5.69 Å². The average molecular weight is 614 g/mol. The first-order valence-electron chi connectivity index (χ1n) is 13.0. The van der Waals surface area contributed by atoms with Crippen molar-refractivity contribution in [3.05, 3.63) is 70.3 Å². The van der Waals surface area contributed by atoms with E-state index in [1.54, 1.807) is 46.1 Å². The summed E-state index contributed by atoms with van der Waals surface area (Å²) < 4.78 is 40.3. The van der Waals surface area contributed by atoms with Crippen LogP contribution < -0.4 is 14.8 Å². The van der Waals surface area contributed by atoms with Gasteiger partial charge in [-0.05, 0) is 42.8 Å². The van der Waals surface area contributed by atoms with Gasteiger partial charge in [0.2, 0.25) is 15.9 Å². The number of ether oxygens (including phenoxy) is 2. The molecule has 1 amide bonds. The lowest BCUT2D eigenvalue weighted by molar-refractivity contribution is -0.385. The Morgan fingerprint density at radius 1 is 1.07 bits per heavy atom. The molecule has 0 saturated heterocycles. The second kappa shape index (κ2) is 12.8. The van der Waals surface area contributed by atoms with Crippen molar-refractivity contribution in [3.63, 3.8) is 0 Å². The van der Waals surface area contributed by atoms with Gasteiger partial charge in [-0.15, -0.1) is 0 Å². The van der Waals surface area contributed by atoms with Crippen LogP contribution in [0.25, 0.3) is 16.7 Å². The molecule has 222 valence electrons. The first kappa shape index (κ1) is 30.8. The number of nitrogens with zero attached hydrogens (tertiary/aromatic N) is 4. The summed E-state index contributed by atoms with van der Waals surface area (Å²) in [6.07, 6.45) is 0. The van der Waals surface area contributed by atoms with Crippen LogP contribution in [0.1, 0.15) is 19.4 Å². The molecule has 3 aromatic carbocycles. The van der Waals surface area contributed by atoms with E-state index in [4.69, 9.17) is 14.5 Å². The Bertz CT molecular complexity index is 1750. The van der Waals surface area contributed by atoms with Crippen LogP contribution in [0.15, 0.2) is 64.6 Å². The first-order chi connectivity index (χ1) is 20.0. The normalized spacial score (nSPS) is 11.6. The number of benzene rings is 3. The van der Waals surface area contributed by atoms with Crippen LogP contribution in [-0.4, -0.2) is 66.2 Å². The quantitative estimate of drug-likeness (QED) is 0.132. The molecule has 1 aromatic heterocycles. The predicted octanol–water partition coefficient (Wildman–Crippen LogP) is 5.02. The second-order valence-corrected chi connectivity index (χ2v) is 12.0. The molecule has 42 heavy (non-hydrogen) atoms. The molecule has 14 heteroatoms. The van der Waals surface area contributed by atoms with E-state index in [0.29, 0.717) is 52.0 Å². The van der Waals surface area contributed by atoms with Gasteiger partial charge in [-0.3, -0.25) is 19.5 Å². The van der Waals surface area contributed by atoms with Crippen molar-refractivity contribution < 1.29 is 27.6 Å². The van der Waals surface area contributed by atoms with Crippen LogP contribution in [0.4, 0.5) is 11.4 Å². The Morgan fingerprint density at radius 3 is 2.40 bits per heavy atom. The van der Waals surface area contributed by atoms with Crippen LogP contribution >= 0.6 is 11.8 Å². The Labute approximate surface area is 247 Å². The summed E-state index contributed by atoms with van der Waals surface area (Å²) in [7, 11) is -0.847. The van der Waals surface area contributed by atoms with E-state index in [9.17, 15) is 23.3 Å². The number of methoxy groups -OCH3 is 2. The van der Waals surface area contributed by atoms with E-state index in [1.165, 1.54) is 29.6 Å². The average Bonchev–Trinajstić information content (AvgIpc) is 3.34. The standard InChI is InChI=1S/C28H31N5O7S2/c1-6-31(7-2)42(37,38)19-12-13-22-21(15-19)30-28(32(22)23-10-8-9-11-25(23)39-4)41-17-27(34)29-20-16-26(40-5)24(33(35)36)14-18(20)3/h8-16H,6-7,17H2,1-5H3,(H,29,34). The lowest BCUT2D eigenvalue weighted by Gasteiger charge is -2.18. The molecule has 4 aromatic rings. The lowest BCUT2D eigenvalue weighted by Crippen LogP contribution is -2.30. The van der Waals surface area contributed by atoms with Crippen molar-refractivity contribution in [1.29, 1.82) is 0 Å². The second-order valence-electron chi connectivity index (χ2n) is 9.07. The van der Waals surface area contributed by atoms with Crippen LogP contribution in [-0.2, 0) is 14.8 Å². The molecule has 0 aliphatic heterocycles. The van der Waals surface area contributed by atoms with Crippen molar-refractivity contribution in [1.82, 2.24) is 13.9 Å². The number of carbonyl (C=O) groups is 1. The van der Waals surface area contributed by atoms with Gasteiger partial charge in [0.15, 0.2) is 10.9 Å². The molecule has 0 bridgehead atoms. The maximum Gasteiger partial charge on any atom is 0.311 e. The number of para-hydroxylation sites is 2. The summed E-state index contributed by atoms with van der Waals surface area (Å²) in [4.78, 5) is 28.6. The zero-order chi connectivity index (χ0) is 30.6. The lowest BCUT2D eigenvalue weighted by atomic mass is 10.1. The molecule has 0 aliphatic rings. The van der Waals surface area contributed by atoms with E-state index >= 15 is 0 Å². The maximum atomic E-state index is 13.2. The van der Waals surface area contributed by atoms with Crippen molar-refractivity contribution in [3.8, 4) is 17.2 Å². The summed E-state index contributed by atoms with van der Waals surface area (Å²) in [6, 6.07) is 14.9. The Hall–Kier alpha value is -4.14. The zero-order valence-electron chi connectivity index (χ0n) is 23.8. The van der Waals surface area contributed by atoms with Crippen molar-refractivity contribution >= 4 is 50.1 Å². The Morgan fingerprint density at radius 2 is 1.76 bits per heavy atom. The fourth-order valence-corrected chi connectivity index (χ4v) is 6.78. The smallest absolute Gasteiger partial charge is 0.311 e. The van der Waals surface area contributed by atoms with Gasteiger partial charge in [-0.25, -0.2) is 13.4 Å². The van der Waals surface area contributed by atoms with Gasteiger partial charge in [0.1, 0.15) is 5.75 Å². The van der Waals surface area contributed by atoms with Gasteiger partial charge in [0.05, 0.1) is 46.5 Å². The summed E-state index contributed by atoms with van der Waals surface area (Å²) in [5.41, 5.74) is 2.43. The minimum Gasteiger partial charge on any atom is -0.495 e. The number of imidazole rings is 1. The molecule has 0 radical (unpaired) electrons. The van der Waals surface area contributed by atoms with E-state index in [0.717, 1.165) is 11.8 Å². The number of fused-ring (bicyclic) bond motifs is 1. The minimum absolute atomic E-state index is 0.0296. The third kappa shape index (κ3) is 6.05. The predicted molar refractivity (Wildman–Crippen MR) is 161 cm³/mol. The van der Waals surface area contributed by atoms with Crippen molar-refractivity contribution in [2.24, 2.45) is 0 Å². The number of hydrogen-bond acceptors (Lipinski definition) is 9. The monoisotopic (exact) mass is 613 g/mol. The summed E-state index contributed by atoms with van der Waals surface area (Å²) in [5, 5.41) is 14.5. The molecular weight excluding hydrogens is 582 g/mol. The van der Waals surface area contributed by atoms with E-state index in [1.807, 2.05) is 22.8 Å². The SMILES string of the molecule is CCN(CC)S(=O)(=O)c1ccc2c(c1)nc(SCC(=O)Nc1cc(OC)c([N+](=O)[O-])cc1C)n2-c1ccccc1OC. The molecule has 0 saturated carbocycles. The number of thioether (sulfide) groups is 1. The fraction of sp³-hybridized carbons (Fsp3) is 0.286. The van der Waals surface area contributed by atoms with E-state index in [2.05, 4.69) is 5.32 Å². The van der Waals surface area contributed by atoms with Crippen molar-refractivity contribution in [2.45, 2.75) is 30.8 Å². The number of sulfonamides is 1. The van der Waals surface area contributed by atoms with Gasteiger partial charge in [0.25, 0.3) is 0 Å². The highest BCUT2D eigenvalue weighted by atomic mass is 32.2. The highest BCUT2D eigenvalue weighted by Crippen LogP contribution is 2.35. The summed E-state index contributed by atoms with van der Waals surface area (Å²) in [6.45, 7) is 5.89. The fourth-order valence-electron chi connectivity index (χ4n) is 4.49. The van der Waals surface area contributed by atoms with Gasteiger partial charge in [-0.2, -0.15) is 4.31 Å². The number of amides is 1. The molecule has 0 spiro atoms.